The Morgan fingerprint density at radius 3 is 2.58 bits per heavy atom. The lowest BCUT2D eigenvalue weighted by Crippen LogP contribution is -2.09. The summed E-state index contributed by atoms with van der Waals surface area (Å²) < 4.78 is 15.3. The van der Waals surface area contributed by atoms with E-state index in [0.29, 0.717) is 13.1 Å². The van der Waals surface area contributed by atoms with E-state index in [4.69, 9.17) is 5.73 Å². The third-order valence-electron chi connectivity index (χ3n) is 3.59. The molecule has 1 heterocycles. The van der Waals surface area contributed by atoms with Gasteiger partial charge >= 0.3 is 0 Å². The largest absolute Gasteiger partial charge is 0.326 e. The first-order valence-electron chi connectivity index (χ1n) is 6.57. The molecule has 2 N–H and O–H groups in total. The van der Waals surface area contributed by atoms with Crippen molar-refractivity contribution >= 4 is 0 Å². The van der Waals surface area contributed by atoms with Crippen LogP contribution in [0.2, 0.25) is 0 Å². The number of nitrogens with zero attached hydrogens (tertiary/aromatic N) is 2. The minimum atomic E-state index is -0.232. The quantitative estimate of drug-likeness (QED) is 0.919. The maximum Gasteiger partial charge on any atom is 0.123 e. The van der Waals surface area contributed by atoms with Gasteiger partial charge in [-0.1, -0.05) is 13.0 Å². The van der Waals surface area contributed by atoms with Gasteiger partial charge in [-0.2, -0.15) is 5.10 Å². The first kappa shape index (κ1) is 13.7. The molecule has 0 radical (unpaired) electrons. The van der Waals surface area contributed by atoms with Crippen LogP contribution in [0.1, 0.15) is 35.0 Å². The predicted molar refractivity (Wildman–Crippen MR) is 74.5 cm³/mol. The standard InChI is InChI=1S/C15H20FN3/c1-4-15-10(2)18-19(11(15)3)9-13-7-14(16)6-5-12(13)8-17/h5-7H,4,8-9,17H2,1-3H3. The van der Waals surface area contributed by atoms with E-state index in [1.54, 1.807) is 12.1 Å². The summed E-state index contributed by atoms with van der Waals surface area (Å²) in [6, 6.07) is 4.74. The van der Waals surface area contributed by atoms with E-state index < -0.39 is 0 Å². The molecule has 1 aromatic carbocycles. The number of rotatable bonds is 4. The number of benzene rings is 1. The molecule has 0 amide bonds. The van der Waals surface area contributed by atoms with Crippen molar-refractivity contribution in [1.29, 1.82) is 0 Å². The second-order valence-electron chi connectivity index (χ2n) is 4.78. The summed E-state index contributed by atoms with van der Waals surface area (Å²) in [5.41, 5.74) is 11.0. The summed E-state index contributed by atoms with van der Waals surface area (Å²) in [6.07, 6.45) is 0.963. The second-order valence-corrected chi connectivity index (χ2v) is 4.78. The Hall–Kier alpha value is -1.68. The smallest absolute Gasteiger partial charge is 0.123 e. The number of hydrogen-bond donors (Lipinski definition) is 1. The van der Waals surface area contributed by atoms with E-state index in [-0.39, 0.29) is 5.82 Å². The summed E-state index contributed by atoms with van der Waals surface area (Å²) in [5, 5.41) is 4.53. The average molecular weight is 261 g/mol. The maximum absolute atomic E-state index is 13.4. The fourth-order valence-electron chi connectivity index (χ4n) is 2.50. The molecule has 0 aliphatic heterocycles. The van der Waals surface area contributed by atoms with Crippen LogP contribution in [0.15, 0.2) is 18.2 Å². The van der Waals surface area contributed by atoms with Crippen LogP contribution in [0.3, 0.4) is 0 Å². The van der Waals surface area contributed by atoms with Gasteiger partial charge in [0, 0.05) is 12.2 Å². The molecule has 0 aliphatic rings. The highest BCUT2D eigenvalue weighted by atomic mass is 19.1. The van der Waals surface area contributed by atoms with Gasteiger partial charge in [0.25, 0.3) is 0 Å². The third kappa shape index (κ3) is 2.68. The highest BCUT2D eigenvalue weighted by Crippen LogP contribution is 2.17. The van der Waals surface area contributed by atoms with Crippen LogP contribution < -0.4 is 5.73 Å². The predicted octanol–water partition coefficient (Wildman–Crippen LogP) is 2.71. The summed E-state index contributed by atoms with van der Waals surface area (Å²) >= 11 is 0. The van der Waals surface area contributed by atoms with E-state index in [1.807, 2.05) is 11.6 Å². The molecule has 2 rings (SSSR count). The van der Waals surface area contributed by atoms with E-state index in [1.165, 1.54) is 11.6 Å². The molecule has 3 nitrogen and oxygen atoms in total. The fourth-order valence-corrected chi connectivity index (χ4v) is 2.50. The molecule has 0 saturated heterocycles. The zero-order valence-corrected chi connectivity index (χ0v) is 11.7. The van der Waals surface area contributed by atoms with Gasteiger partial charge in [0.15, 0.2) is 0 Å². The summed E-state index contributed by atoms with van der Waals surface area (Å²) in [6.45, 7) is 7.17. The van der Waals surface area contributed by atoms with E-state index in [2.05, 4.69) is 18.9 Å². The minimum absolute atomic E-state index is 0.232. The van der Waals surface area contributed by atoms with Gasteiger partial charge in [0.2, 0.25) is 0 Å². The van der Waals surface area contributed by atoms with Crippen LogP contribution in [0.4, 0.5) is 4.39 Å². The Morgan fingerprint density at radius 1 is 1.26 bits per heavy atom. The van der Waals surface area contributed by atoms with Crippen molar-refractivity contribution in [3.8, 4) is 0 Å². The SMILES string of the molecule is CCc1c(C)nn(Cc2cc(F)ccc2CN)c1C. The van der Waals surface area contributed by atoms with Crippen molar-refractivity contribution in [1.82, 2.24) is 9.78 Å². The van der Waals surface area contributed by atoms with Crippen LogP contribution >= 0.6 is 0 Å². The second kappa shape index (κ2) is 5.53. The van der Waals surface area contributed by atoms with Crippen molar-refractivity contribution < 1.29 is 4.39 Å². The number of nitrogens with two attached hydrogens (primary N) is 1. The van der Waals surface area contributed by atoms with Crippen LogP contribution in [0, 0.1) is 19.7 Å². The van der Waals surface area contributed by atoms with Crippen molar-refractivity contribution in [3.63, 3.8) is 0 Å². The van der Waals surface area contributed by atoms with Gasteiger partial charge in [-0.3, -0.25) is 4.68 Å². The first-order valence-corrected chi connectivity index (χ1v) is 6.57. The normalized spacial score (nSPS) is 11.0. The number of hydrogen-bond acceptors (Lipinski definition) is 2. The lowest BCUT2D eigenvalue weighted by molar-refractivity contribution is 0.612. The number of aryl methyl sites for hydroxylation is 1. The molecule has 0 fully saturated rings. The van der Waals surface area contributed by atoms with Crippen LogP contribution in [0.25, 0.3) is 0 Å². The zero-order valence-electron chi connectivity index (χ0n) is 11.7. The molecule has 0 spiro atoms. The van der Waals surface area contributed by atoms with Gasteiger partial charge in [0.05, 0.1) is 12.2 Å². The summed E-state index contributed by atoms with van der Waals surface area (Å²) in [4.78, 5) is 0. The van der Waals surface area contributed by atoms with Crippen molar-refractivity contribution in [2.75, 3.05) is 0 Å². The highest BCUT2D eigenvalue weighted by Gasteiger charge is 2.11. The molecule has 0 aliphatic carbocycles. The fraction of sp³-hybridized carbons (Fsp3) is 0.400. The van der Waals surface area contributed by atoms with E-state index in [0.717, 1.165) is 28.9 Å². The van der Waals surface area contributed by atoms with Gasteiger partial charge < -0.3 is 5.73 Å². The molecule has 1 aromatic heterocycles. The van der Waals surface area contributed by atoms with Crippen LogP contribution in [0.5, 0.6) is 0 Å². The topological polar surface area (TPSA) is 43.8 Å². The maximum atomic E-state index is 13.4. The molecule has 0 bridgehead atoms. The average Bonchev–Trinajstić information content (AvgIpc) is 2.64. The molecule has 0 unspecified atom stereocenters. The monoisotopic (exact) mass is 261 g/mol. The van der Waals surface area contributed by atoms with Gasteiger partial charge in [-0.05, 0) is 49.1 Å². The van der Waals surface area contributed by atoms with Crippen molar-refractivity contribution in [3.05, 3.63) is 52.1 Å². The van der Waals surface area contributed by atoms with Gasteiger partial charge in [-0.15, -0.1) is 0 Å². The minimum Gasteiger partial charge on any atom is -0.326 e. The van der Waals surface area contributed by atoms with Crippen LogP contribution in [-0.2, 0) is 19.5 Å². The van der Waals surface area contributed by atoms with E-state index >= 15 is 0 Å². The molecular formula is C15H20FN3. The molecule has 19 heavy (non-hydrogen) atoms. The zero-order chi connectivity index (χ0) is 14.0. The number of aromatic nitrogens is 2. The molecule has 0 saturated carbocycles. The lowest BCUT2D eigenvalue weighted by atomic mass is 10.1. The Balaban J connectivity index is 2.38. The molecule has 0 atom stereocenters. The summed E-state index contributed by atoms with van der Waals surface area (Å²) in [5.74, 6) is -0.232. The Bertz CT molecular complexity index is 587. The highest BCUT2D eigenvalue weighted by molar-refractivity contribution is 5.30. The Morgan fingerprint density at radius 2 is 2.00 bits per heavy atom. The molecular weight excluding hydrogens is 241 g/mol. The molecule has 102 valence electrons. The first-order chi connectivity index (χ1) is 9.06. The van der Waals surface area contributed by atoms with Gasteiger partial charge in [-0.25, -0.2) is 4.39 Å². The summed E-state index contributed by atoms with van der Waals surface area (Å²) in [7, 11) is 0. The van der Waals surface area contributed by atoms with Crippen LogP contribution in [-0.4, -0.2) is 9.78 Å². The molecule has 2 aromatic rings. The van der Waals surface area contributed by atoms with E-state index in [9.17, 15) is 4.39 Å². The third-order valence-corrected chi connectivity index (χ3v) is 3.59. The Kier molecular flexibility index (Phi) is 4.00. The van der Waals surface area contributed by atoms with Gasteiger partial charge in [0.1, 0.15) is 5.82 Å². The lowest BCUT2D eigenvalue weighted by Gasteiger charge is -2.10. The number of halogens is 1. The van der Waals surface area contributed by atoms with Crippen molar-refractivity contribution in [2.45, 2.75) is 40.3 Å². The molecule has 4 heteroatoms. The van der Waals surface area contributed by atoms with Crippen molar-refractivity contribution in [2.24, 2.45) is 5.73 Å². The Labute approximate surface area is 113 Å².